The number of aryl methyl sites for hydroxylation is 2. The molecule has 0 unspecified atom stereocenters. The van der Waals surface area contributed by atoms with Crippen LogP contribution in [0.4, 0.5) is 14.9 Å². The number of urea groups is 1. The molecular weight excluding hydrogens is 550 g/mol. The van der Waals surface area contributed by atoms with Gasteiger partial charge in [0.1, 0.15) is 23.7 Å². The van der Waals surface area contributed by atoms with Crippen LogP contribution in [0.3, 0.4) is 0 Å². The lowest BCUT2D eigenvalue weighted by molar-refractivity contribution is -0.122. The second kappa shape index (κ2) is 9.76. The van der Waals surface area contributed by atoms with Crippen LogP contribution in [0.1, 0.15) is 22.3 Å². The molecule has 0 aliphatic carbocycles. The average Bonchev–Trinajstić information content (AvgIpc) is 2.78. The Morgan fingerprint density at radius 2 is 1.79 bits per heavy atom. The molecule has 1 fully saturated rings. The van der Waals surface area contributed by atoms with E-state index in [2.05, 4.69) is 27.9 Å². The van der Waals surface area contributed by atoms with Crippen molar-refractivity contribution in [1.29, 1.82) is 0 Å². The summed E-state index contributed by atoms with van der Waals surface area (Å²) in [6.45, 7) is 4.01. The lowest BCUT2D eigenvalue weighted by atomic mass is 10.1. The molecule has 1 saturated heterocycles. The number of hydrogen-bond donors (Lipinski definition) is 1. The average molecular weight is 570 g/mol. The van der Waals surface area contributed by atoms with Gasteiger partial charge >= 0.3 is 6.03 Å². The van der Waals surface area contributed by atoms with Gasteiger partial charge in [0.25, 0.3) is 11.8 Å². The third kappa shape index (κ3) is 5.01. The fraction of sp³-hybridized carbons (Fsp3) is 0.115. The molecular formula is C26H20FIN2O4. The van der Waals surface area contributed by atoms with Crippen molar-refractivity contribution >= 4 is 52.2 Å². The van der Waals surface area contributed by atoms with Gasteiger partial charge in [0.05, 0.1) is 9.26 Å². The van der Waals surface area contributed by atoms with Crippen LogP contribution in [0.25, 0.3) is 6.08 Å². The van der Waals surface area contributed by atoms with Gasteiger partial charge in [0, 0.05) is 0 Å². The first-order valence-electron chi connectivity index (χ1n) is 10.4. The number of hydrogen-bond acceptors (Lipinski definition) is 4. The van der Waals surface area contributed by atoms with E-state index in [0.717, 1.165) is 19.6 Å². The molecule has 0 aromatic heterocycles. The van der Waals surface area contributed by atoms with Crippen molar-refractivity contribution in [2.75, 3.05) is 4.90 Å². The fourth-order valence-electron chi connectivity index (χ4n) is 3.44. The lowest BCUT2D eigenvalue weighted by Crippen LogP contribution is -2.54. The van der Waals surface area contributed by atoms with Crippen molar-refractivity contribution in [3.63, 3.8) is 0 Å². The number of amides is 4. The monoisotopic (exact) mass is 570 g/mol. The highest BCUT2D eigenvalue weighted by atomic mass is 127. The van der Waals surface area contributed by atoms with E-state index in [1.807, 2.05) is 19.9 Å². The standard InChI is InChI=1S/C26H20FIN2O4/c1-15-6-8-20(10-16(15)2)30-25(32)21(24(31)29-26(30)33)12-17-7-9-23(22(28)13-17)34-14-18-4-3-5-19(27)11-18/h3-13H,14H2,1-2H3,(H,29,31,33)/b21-12+. The number of anilines is 1. The van der Waals surface area contributed by atoms with Gasteiger partial charge in [-0.25, -0.2) is 14.1 Å². The molecule has 8 heteroatoms. The number of rotatable bonds is 5. The summed E-state index contributed by atoms with van der Waals surface area (Å²) in [7, 11) is 0. The number of ether oxygens (including phenoxy) is 1. The summed E-state index contributed by atoms with van der Waals surface area (Å²) in [6, 6.07) is 15.8. The Kier molecular flexibility index (Phi) is 6.78. The van der Waals surface area contributed by atoms with Crippen LogP contribution in [0.5, 0.6) is 5.75 Å². The maximum Gasteiger partial charge on any atom is 0.335 e. The van der Waals surface area contributed by atoms with E-state index in [4.69, 9.17) is 4.74 Å². The number of halogens is 2. The molecule has 0 spiro atoms. The highest BCUT2D eigenvalue weighted by molar-refractivity contribution is 14.1. The van der Waals surface area contributed by atoms with Crippen LogP contribution >= 0.6 is 22.6 Å². The Labute approximate surface area is 209 Å². The number of nitrogens with zero attached hydrogens (tertiary/aromatic N) is 1. The van der Waals surface area contributed by atoms with Crippen molar-refractivity contribution in [3.05, 3.63) is 97.9 Å². The van der Waals surface area contributed by atoms with Gasteiger partial charge in [-0.3, -0.25) is 14.9 Å². The van der Waals surface area contributed by atoms with Gasteiger partial charge in [-0.2, -0.15) is 0 Å². The minimum atomic E-state index is -0.786. The van der Waals surface area contributed by atoms with Gasteiger partial charge in [0.15, 0.2) is 0 Å². The van der Waals surface area contributed by atoms with Gasteiger partial charge in [-0.15, -0.1) is 0 Å². The molecule has 4 amide bonds. The zero-order valence-electron chi connectivity index (χ0n) is 18.4. The molecule has 1 heterocycles. The lowest BCUT2D eigenvalue weighted by Gasteiger charge is -2.26. The molecule has 0 radical (unpaired) electrons. The zero-order valence-corrected chi connectivity index (χ0v) is 20.6. The van der Waals surface area contributed by atoms with Crippen LogP contribution in [0.15, 0.2) is 66.2 Å². The first kappa shape index (κ1) is 23.6. The summed E-state index contributed by atoms with van der Waals surface area (Å²) < 4.78 is 19.9. The topological polar surface area (TPSA) is 75.7 Å². The van der Waals surface area contributed by atoms with Crippen LogP contribution < -0.4 is 15.0 Å². The van der Waals surface area contributed by atoms with Gasteiger partial charge < -0.3 is 4.74 Å². The maximum atomic E-state index is 13.4. The molecule has 1 N–H and O–H groups in total. The van der Waals surface area contributed by atoms with E-state index >= 15 is 0 Å². The van der Waals surface area contributed by atoms with E-state index in [0.29, 0.717) is 22.6 Å². The number of nitrogens with one attached hydrogen (secondary N) is 1. The van der Waals surface area contributed by atoms with Crippen molar-refractivity contribution in [2.45, 2.75) is 20.5 Å². The van der Waals surface area contributed by atoms with Crippen LogP contribution in [-0.2, 0) is 16.2 Å². The molecule has 3 aromatic rings. The molecule has 1 aliphatic rings. The normalized spacial score (nSPS) is 15.0. The van der Waals surface area contributed by atoms with Crippen molar-refractivity contribution in [3.8, 4) is 5.75 Å². The van der Waals surface area contributed by atoms with Crippen molar-refractivity contribution < 1.29 is 23.5 Å². The minimum Gasteiger partial charge on any atom is -0.488 e. The van der Waals surface area contributed by atoms with E-state index in [9.17, 15) is 18.8 Å². The number of imide groups is 2. The Bertz CT molecular complexity index is 1350. The third-order valence-corrected chi connectivity index (χ3v) is 6.24. The fourth-order valence-corrected chi connectivity index (χ4v) is 4.13. The molecule has 172 valence electrons. The van der Waals surface area contributed by atoms with E-state index in [1.54, 1.807) is 42.5 Å². The Morgan fingerprint density at radius 1 is 1.00 bits per heavy atom. The smallest absolute Gasteiger partial charge is 0.335 e. The minimum absolute atomic E-state index is 0.151. The largest absolute Gasteiger partial charge is 0.488 e. The number of benzene rings is 3. The Morgan fingerprint density at radius 3 is 2.50 bits per heavy atom. The Balaban J connectivity index is 1.57. The summed E-state index contributed by atoms with van der Waals surface area (Å²) in [5, 5.41) is 2.23. The van der Waals surface area contributed by atoms with Crippen LogP contribution in [-0.4, -0.2) is 17.8 Å². The summed E-state index contributed by atoms with van der Waals surface area (Å²) in [4.78, 5) is 38.9. The van der Waals surface area contributed by atoms with Gasteiger partial charge in [-0.05, 0) is 101 Å². The molecule has 1 aliphatic heterocycles. The second-order valence-electron chi connectivity index (χ2n) is 7.83. The summed E-state index contributed by atoms with van der Waals surface area (Å²) in [5.74, 6) is -1.20. The molecule has 0 saturated carbocycles. The van der Waals surface area contributed by atoms with E-state index in [-0.39, 0.29) is 18.0 Å². The molecule has 4 rings (SSSR count). The Hall–Kier alpha value is -3.53. The molecule has 0 bridgehead atoms. The summed E-state index contributed by atoms with van der Waals surface area (Å²) >= 11 is 2.09. The summed E-state index contributed by atoms with van der Waals surface area (Å²) in [5.41, 5.74) is 3.47. The third-order valence-electron chi connectivity index (χ3n) is 5.40. The van der Waals surface area contributed by atoms with E-state index in [1.165, 1.54) is 18.2 Å². The van der Waals surface area contributed by atoms with Crippen LogP contribution in [0.2, 0.25) is 0 Å². The first-order valence-corrected chi connectivity index (χ1v) is 11.5. The number of carbonyl (C=O) groups is 3. The molecule has 0 atom stereocenters. The quantitative estimate of drug-likeness (QED) is 0.257. The van der Waals surface area contributed by atoms with Gasteiger partial charge in [-0.1, -0.05) is 24.3 Å². The predicted molar refractivity (Wildman–Crippen MR) is 135 cm³/mol. The number of barbiturate groups is 1. The molecule has 3 aromatic carbocycles. The van der Waals surface area contributed by atoms with E-state index < -0.39 is 17.8 Å². The zero-order chi connectivity index (χ0) is 24.4. The van der Waals surface area contributed by atoms with Crippen LogP contribution in [0, 0.1) is 23.2 Å². The molecule has 34 heavy (non-hydrogen) atoms. The second-order valence-corrected chi connectivity index (χ2v) is 9.00. The van der Waals surface area contributed by atoms with Crippen molar-refractivity contribution in [1.82, 2.24) is 5.32 Å². The number of carbonyl (C=O) groups excluding carboxylic acids is 3. The van der Waals surface area contributed by atoms with Gasteiger partial charge in [0.2, 0.25) is 0 Å². The predicted octanol–water partition coefficient (Wildman–Crippen LogP) is 5.29. The molecule has 6 nitrogen and oxygen atoms in total. The van der Waals surface area contributed by atoms with Crippen molar-refractivity contribution in [2.24, 2.45) is 0 Å². The SMILES string of the molecule is Cc1ccc(N2C(=O)NC(=O)/C(=C\c3ccc(OCc4cccc(F)c4)c(I)c3)C2=O)cc1C. The first-order chi connectivity index (χ1) is 16.2. The summed E-state index contributed by atoms with van der Waals surface area (Å²) in [6.07, 6.45) is 1.44. The highest BCUT2D eigenvalue weighted by Crippen LogP contribution is 2.27. The maximum absolute atomic E-state index is 13.4. The highest BCUT2D eigenvalue weighted by Gasteiger charge is 2.36.